The summed E-state index contributed by atoms with van der Waals surface area (Å²) in [5.74, 6) is 1.54. The van der Waals surface area contributed by atoms with Crippen molar-refractivity contribution in [1.82, 2.24) is 9.97 Å². The summed E-state index contributed by atoms with van der Waals surface area (Å²) in [4.78, 5) is 11.4. The van der Waals surface area contributed by atoms with Crippen LogP contribution in [0.15, 0.2) is 66.9 Å². The minimum absolute atomic E-state index is 0.0456. The number of nitrogens with zero attached hydrogens (tertiary/aromatic N) is 3. The second-order valence-electron chi connectivity index (χ2n) is 7.66. The Hall–Kier alpha value is -2.88. The lowest BCUT2D eigenvalue weighted by Gasteiger charge is -2.24. The van der Waals surface area contributed by atoms with E-state index in [9.17, 15) is 0 Å². The third-order valence-corrected chi connectivity index (χ3v) is 4.54. The van der Waals surface area contributed by atoms with Crippen LogP contribution in [-0.4, -0.2) is 16.5 Å². The zero-order valence-corrected chi connectivity index (χ0v) is 16.6. The molecule has 0 saturated heterocycles. The number of rotatable bonds is 6. The molecule has 0 unspecified atom stereocenters. The van der Waals surface area contributed by atoms with Crippen molar-refractivity contribution in [2.24, 2.45) is 0 Å². The highest BCUT2D eigenvalue weighted by atomic mass is 15.2. The zero-order valence-electron chi connectivity index (χ0n) is 16.6. The second-order valence-corrected chi connectivity index (χ2v) is 7.66. The molecule has 1 N–H and O–H groups in total. The third kappa shape index (κ3) is 4.85. The van der Waals surface area contributed by atoms with Crippen molar-refractivity contribution in [2.75, 3.05) is 16.8 Å². The highest BCUT2D eigenvalue weighted by Crippen LogP contribution is 2.30. The van der Waals surface area contributed by atoms with Gasteiger partial charge in [-0.2, -0.15) is 4.98 Å². The van der Waals surface area contributed by atoms with E-state index in [0.29, 0.717) is 5.95 Å². The molecular weight excluding hydrogens is 332 g/mol. The Morgan fingerprint density at radius 3 is 2.33 bits per heavy atom. The van der Waals surface area contributed by atoms with E-state index in [-0.39, 0.29) is 5.41 Å². The monoisotopic (exact) mass is 360 g/mol. The van der Waals surface area contributed by atoms with Crippen LogP contribution in [0.5, 0.6) is 0 Å². The molecule has 27 heavy (non-hydrogen) atoms. The van der Waals surface area contributed by atoms with Crippen LogP contribution in [0.4, 0.5) is 17.5 Å². The number of aromatic nitrogens is 2. The molecule has 2 aromatic carbocycles. The van der Waals surface area contributed by atoms with Gasteiger partial charge in [-0.3, -0.25) is 0 Å². The second kappa shape index (κ2) is 8.21. The average Bonchev–Trinajstić information content (AvgIpc) is 2.67. The van der Waals surface area contributed by atoms with Gasteiger partial charge in [0, 0.05) is 25.0 Å². The fraction of sp³-hybridized carbons (Fsp3) is 0.304. The maximum atomic E-state index is 4.76. The molecule has 0 radical (unpaired) electrons. The van der Waals surface area contributed by atoms with E-state index in [1.165, 1.54) is 11.1 Å². The minimum Gasteiger partial charge on any atom is -0.352 e. The first-order valence-corrected chi connectivity index (χ1v) is 9.46. The fourth-order valence-electron chi connectivity index (χ4n) is 3.11. The highest BCUT2D eigenvalue weighted by Gasteiger charge is 2.18. The Morgan fingerprint density at radius 1 is 0.926 bits per heavy atom. The lowest BCUT2D eigenvalue weighted by Crippen LogP contribution is -2.23. The van der Waals surface area contributed by atoms with E-state index in [2.05, 4.69) is 85.4 Å². The van der Waals surface area contributed by atoms with Gasteiger partial charge in [0.15, 0.2) is 0 Å². The van der Waals surface area contributed by atoms with E-state index in [0.717, 1.165) is 24.6 Å². The molecular formula is C23H28N4. The maximum absolute atomic E-state index is 4.76. The van der Waals surface area contributed by atoms with Crippen LogP contribution in [0, 0.1) is 0 Å². The van der Waals surface area contributed by atoms with Crippen LogP contribution >= 0.6 is 0 Å². The average molecular weight is 361 g/mol. The molecule has 3 rings (SSSR count). The SMILES string of the molecule is CCN(Cc1ccccc1)c1ccnc(Nc2ccccc2C(C)(C)C)n1. The van der Waals surface area contributed by atoms with Crippen LogP contribution in [0.1, 0.15) is 38.8 Å². The predicted molar refractivity (Wildman–Crippen MR) is 114 cm³/mol. The van der Waals surface area contributed by atoms with Crippen molar-refractivity contribution in [1.29, 1.82) is 0 Å². The van der Waals surface area contributed by atoms with Crippen molar-refractivity contribution < 1.29 is 0 Å². The molecule has 0 aliphatic carbocycles. The summed E-state index contributed by atoms with van der Waals surface area (Å²) >= 11 is 0. The molecule has 1 aromatic heterocycles. The van der Waals surface area contributed by atoms with Crippen LogP contribution in [-0.2, 0) is 12.0 Å². The molecule has 0 aliphatic heterocycles. The third-order valence-electron chi connectivity index (χ3n) is 4.54. The van der Waals surface area contributed by atoms with Gasteiger partial charge in [0.25, 0.3) is 0 Å². The van der Waals surface area contributed by atoms with Gasteiger partial charge >= 0.3 is 0 Å². The summed E-state index contributed by atoms with van der Waals surface area (Å²) in [6, 6.07) is 20.8. The van der Waals surface area contributed by atoms with Gasteiger partial charge in [0.1, 0.15) is 5.82 Å². The Kier molecular flexibility index (Phi) is 5.75. The molecule has 0 atom stereocenters. The lowest BCUT2D eigenvalue weighted by atomic mass is 9.86. The number of benzene rings is 2. The minimum atomic E-state index is 0.0456. The molecule has 0 saturated carbocycles. The Morgan fingerprint density at radius 2 is 1.63 bits per heavy atom. The van der Waals surface area contributed by atoms with E-state index in [1.54, 1.807) is 0 Å². The van der Waals surface area contributed by atoms with Gasteiger partial charge in [-0.05, 0) is 35.6 Å². The Bertz CT molecular complexity index is 869. The molecule has 0 fully saturated rings. The summed E-state index contributed by atoms with van der Waals surface area (Å²) in [5, 5.41) is 3.41. The largest absolute Gasteiger partial charge is 0.352 e. The van der Waals surface area contributed by atoms with Crippen molar-refractivity contribution in [2.45, 2.75) is 39.7 Å². The number of hydrogen-bond acceptors (Lipinski definition) is 4. The summed E-state index contributed by atoms with van der Waals surface area (Å²) in [5.41, 5.74) is 3.61. The number of anilines is 3. The van der Waals surface area contributed by atoms with E-state index in [1.807, 2.05) is 24.4 Å². The molecule has 4 nitrogen and oxygen atoms in total. The van der Waals surface area contributed by atoms with E-state index < -0.39 is 0 Å². The van der Waals surface area contributed by atoms with Crippen LogP contribution in [0.2, 0.25) is 0 Å². The fourth-order valence-corrected chi connectivity index (χ4v) is 3.11. The van der Waals surface area contributed by atoms with Crippen molar-refractivity contribution in [3.05, 3.63) is 78.0 Å². The number of hydrogen-bond donors (Lipinski definition) is 1. The molecule has 140 valence electrons. The van der Waals surface area contributed by atoms with Gasteiger partial charge in [0.05, 0.1) is 0 Å². The van der Waals surface area contributed by atoms with E-state index >= 15 is 0 Å². The van der Waals surface area contributed by atoms with Gasteiger partial charge in [0.2, 0.25) is 5.95 Å². The lowest BCUT2D eigenvalue weighted by molar-refractivity contribution is 0.592. The number of nitrogens with one attached hydrogen (secondary N) is 1. The van der Waals surface area contributed by atoms with Crippen molar-refractivity contribution in [3.8, 4) is 0 Å². The normalized spacial score (nSPS) is 11.3. The van der Waals surface area contributed by atoms with Crippen LogP contribution < -0.4 is 10.2 Å². The van der Waals surface area contributed by atoms with E-state index in [4.69, 9.17) is 4.98 Å². The first kappa shape index (κ1) is 18.9. The molecule has 4 heteroatoms. The summed E-state index contributed by atoms with van der Waals surface area (Å²) in [6.45, 7) is 10.5. The van der Waals surface area contributed by atoms with Gasteiger partial charge in [-0.15, -0.1) is 0 Å². The molecule has 0 amide bonds. The highest BCUT2D eigenvalue weighted by molar-refractivity contribution is 5.61. The maximum Gasteiger partial charge on any atom is 0.229 e. The van der Waals surface area contributed by atoms with Gasteiger partial charge < -0.3 is 10.2 Å². The molecule has 3 aromatic rings. The molecule has 0 bridgehead atoms. The first-order valence-electron chi connectivity index (χ1n) is 9.46. The molecule has 1 heterocycles. The summed E-state index contributed by atoms with van der Waals surface area (Å²) in [6.07, 6.45) is 1.82. The Balaban J connectivity index is 1.84. The van der Waals surface area contributed by atoms with Crippen LogP contribution in [0.3, 0.4) is 0 Å². The van der Waals surface area contributed by atoms with Gasteiger partial charge in [-0.1, -0.05) is 69.3 Å². The summed E-state index contributed by atoms with van der Waals surface area (Å²) < 4.78 is 0. The smallest absolute Gasteiger partial charge is 0.229 e. The molecule has 0 aliphatic rings. The topological polar surface area (TPSA) is 41.1 Å². The predicted octanol–water partition coefficient (Wildman–Crippen LogP) is 5.54. The van der Waals surface area contributed by atoms with Gasteiger partial charge in [-0.25, -0.2) is 4.98 Å². The molecule has 0 spiro atoms. The van der Waals surface area contributed by atoms with Crippen molar-refractivity contribution in [3.63, 3.8) is 0 Å². The Labute approximate surface area is 162 Å². The first-order chi connectivity index (χ1) is 13.0. The zero-order chi connectivity index (χ0) is 19.3. The summed E-state index contributed by atoms with van der Waals surface area (Å²) in [7, 11) is 0. The standard InChI is InChI=1S/C23H28N4/c1-5-27(17-18-11-7-6-8-12-18)21-15-16-24-22(26-21)25-20-14-10-9-13-19(20)23(2,3)4/h6-16H,5,17H2,1-4H3,(H,24,25,26). The quantitative estimate of drug-likeness (QED) is 0.626. The van der Waals surface area contributed by atoms with Crippen LogP contribution in [0.25, 0.3) is 0 Å². The van der Waals surface area contributed by atoms with Crippen molar-refractivity contribution >= 4 is 17.5 Å². The number of para-hydroxylation sites is 1.